The highest BCUT2D eigenvalue weighted by atomic mass is 16.7. The van der Waals surface area contributed by atoms with Crippen LogP contribution in [0.2, 0.25) is 0 Å². The lowest BCUT2D eigenvalue weighted by molar-refractivity contribution is -0.134. The average molecular weight is 170 g/mol. The first-order chi connectivity index (χ1) is 5.65. The number of methoxy groups -OCH3 is 1. The first-order valence-electron chi connectivity index (χ1n) is 4.02. The number of ketones is 1. The number of hydrogen-bond acceptors (Lipinski definition) is 3. The number of ether oxygens (including phenoxy) is 2. The molecular weight excluding hydrogens is 156 g/mol. The molecule has 3 heteroatoms. The van der Waals surface area contributed by atoms with Crippen molar-refractivity contribution in [3.05, 3.63) is 12.2 Å². The van der Waals surface area contributed by atoms with Crippen molar-refractivity contribution in [1.29, 1.82) is 0 Å². The molecule has 1 aliphatic heterocycles. The molecule has 1 heterocycles. The minimum atomic E-state index is -0.281. The van der Waals surface area contributed by atoms with Crippen LogP contribution in [0.15, 0.2) is 12.2 Å². The SMILES string of the molecule is COC1C=CC(C(C)C(C)=O)O1. The molecule has 0 saturated carbocycles. The van der Waals surface area contributed by atoms with Gasteiger partial charge in [-0.05, 0) is 13.0 Å². The summed E-state index contributed by atoms with van der Waals surface area (Å²) in [5.41, 5.74) is 0. The van der Waals surface area contributed by atoms with E-state index in [-0.39, 0.29) is 24.1 Å². The molecule has 3 atom stereocenters. The van der Waals surface area contributed by atoms with Gasteiger partial charge in [-0.2, -0.15) is 0 Å². The van der Waals surface area contributed by atoms with E-state index in [9.17, 15) is 4.79 Å². The Morgan fingerprint density at radius 1 is 1.58 bits per heavy atom. The summed E-state index contributed by atoms with van der Waals surface area (Å²) in [6.45, 7) is 3.43. The van der Waals surface area contributed by atoms with Crippen molar-refractivity contribution in [3.63, 3.8) is 0 Å². The predicted octanol–water partition coefficient (Wildman–Crippen LogP) is 1.14. The van der Waals surface area contributed by atoms with Gasteiger partial charge in [0, 0.05) is 13.0 Å². The second-order valence-electron chi connectivity index (χ2n) is 2.99. The predicted molar refractivity (Wildman–Crippen MR) is 44.7 cm³/mol. The third-order valence-electron chi connectivity index (χ3n) is 2.12. The summed E-state index contributed by atoms with van der Waals surface area (Å²) in [5, 5.41) is 0. The molecule has 0 aliphatic carbocycles. The summed E-state index contributed by atoms with van der Waals surface area (Å²) in [7, 11) is 1.58. The third kappa shape index (κ3) is 1.93. The summed E-state index contributed by atoms with van der Waals surface area (Å²) in [6, 6.07) is 0. The fraction of sp³-hybridized carbons (Fsp3) is 0.667. The third-order valence-corrected chi connectivity index (χ3v) is 2.12. The summed E-state index contributed by atoms with van der Waals surface area (Å²) < 4.78 is 10.3. The van der Waals surface area contributed by atoms with Crippen molar-refractivity contribution in [2.75, 3.05) is 7.11 Å². The number of carbonyl (C=O) groups excluding carboxylic acids is 1. The number of Topliss-reactive ketones (excluding diaryl/α,β-unsaturated/α-hetero) is 1. The monoisotopic (exact) mass is 170 g/mol. The van der Waals surface area contributed by atoms with Crippen LogP contribution in [0.4, 0.5) is 0 Å². The Labute approximate surface area is 72.4 Å². The van der Waals surface area contributed by atoms with E-state index in [0.717, 1.165) is 0 Å². The lowest BCUT2D eigenvalue weighted by Gasteiger charge is -2.16. The zero-order valence-corrected chi connectivity index (χ0v) is 7.61. The van der Waals surface area contributed by atoms with Crippen LogP contribution in [0.5, 0.6) is 0 Å². The molecule has 0 aromatic rings. The topological polar surface area (TPSA) is 35.5 Å². The van der Waals surface area contributed by atoms with Crippen molar-refractivity contribution in [2.24, 2.45) is 5.92 Å². The Morgan fingerprint density at radius 3 is 2.67 bits per heavy atom. The number of carbonyl (C=O) groups is 1. The molecule has 0 radical (unpaired) electrons. The molecule has 3 unspecified atom stereocenters. The highest BCUT2D eigenvalue weighted by molar-refractivity contribution is 5.78. The van der Waals surface area contributed by atoms with Gasteiger partial charge in [0.2, 0.25) is 0 Å². The quantitative estimate of drug-likeness (QED) is 0.596. The van der Waals surface area contributed by atoms with Gasteiger partial charge in [-0.3, -0.25) is 4.79 Å². The minimum absolute atomic E-state index is 0.0820. The molecule has 1 rings (SSSR count). The Kier molecular flexibility index (Phi) is 3.00. The Bertz CT molecular complexity index is 198. The van der Waals surface area contributed by atoms with Gasteiger partial charge in [0.1, 0.15) is 5.78 Å². The lowest BCUT2D eigenvalue weighted by Crippen LogP contribution is -2.25. The minimum Gasteiger partial charge on any atom is -0.352 e. The van der Waals surface area contributed by atoms with Crippen LogP contribution < -0.4 is 0 Å². The van der Waals surface area contributed by atoms with Crippen LogP contribution in [0.25, 0.3) is 0 Å². The Hall–Kier alpha value is -0.670. The zero-order valence-electron chi connectivity index (χ0n) is 7.61. The van der Waals surface area contributed by atoms with Gasteiger partial charge >= 0.3 is 0 Å². The first kappa shape index (κ1) is 9.42. The lowest BCUT2D eigenvalue weighted by atomic mass is 10.0. The molecule has 0 amide bonds. The van der Waals surface area contributed by atoms with Crippen LogP contribution >= 0.6 is 0 Å². The largest absolute Gasteiger partial charge is 0.352 e. The van der Waals surface area contributed by atoms with Crippen molar-refractivity contribution >= 4 is 5.78 Å². The van der Waals surface area contributed by atoms with E-state index < -0.39 is 0 Å². The Morgan fingerprint density at radius 2 is 2.25 bits per heavy atom. The number of hydrogen-bond donors (Lipinski definition) is 0. The van der Waals surface area contributed by atoms with Gasteiger partial charge in [0.05, 0.1) is 6.10 Å². The highest BCUT2D eigenvalue weighted by Gasteiger charge is 2.26. The highest BCUT2D eigenvalue weighted by Crippen LogP contribution is 2.19. The molecule has 0 spiro atoms. The standard InChI is InChI=1S/C9H14O3/c1-6(7(2)10)8-4-5-9(11-3)12-8/h4-6,8-9H,1-3H3. The molecule has 0 fully saturated rings. The van der Waals surface area contributed by atoms with Crippen molar-refractivity contribution in [2.45, 2.75) is 26.2 Å². The van der Waals surface area contributed by atoms with E-state index in [2.05, 4.69) is 0 Å². The molecule has 0 aromatic heterocycles. The van der Waals surface area contributed by atoms with E-state index in [4.69, 9.17) is 9.47 Å². The summed E-state index contributed by atoms with van der Waals surface area (Å²) in [4.78, 5) is 11.0. The van der Waals surface area contributed by atoms with Crippen LogP contribution in [-0.2, 0) is 14.3 Å². The normalized spacial score (nSPS) is 30.6. The van der Waals surface area contributed by atoms with Crippen molar-refractivity contribution in [3.8, 4) is 0 Å². The zero-order chi connectivity index (χ0) is 9.14. The Balaban J connectivity index is 2.48. The second-order valence-corrected chi connectivity index (χ2v) is 2.99. The van der Waals surface area contributed by atoms with Gasteiger partial charge in [-0.1, -0.05) is 13.0 Å². The van der Waals surface area contributed by atoms with Crippen molar-refractivity contribution in [1.82, 2.24) is 0 Å². The first-order valence-corrected chi connectivity index (χ1v) is 4.02. The molecule has 0 bridgehead atoms. The fourth-order valence-corrected chi connectivity index (χ4v) is 1.10. The average Bonchev–Trinajstić information content (AvgIpc) is 2.50. The van der Waals surface area contributed by atoms with Gasteiger partial charge < -0.3 is 9.47 Å². The molecule has 0 saturated heterocycles. The molecule has 0 aromatic carbocycles. The maximum absolute atomic E-state index is 11.0. The van der Waals surface area contributed by atoms with Crippen LogP contribution in [-0.4, -0.2) is 25.3 Å². The maximum atomic E-state index is 11.0. The van der Waals surface area contributed by atoms with Gasteiger partial charge in [-0.15, -0.1) is 0 Å². The van der Waals surface area contributed by atoms with E-state index in [1.54, 1.807) is 14.0 Å². The smallest absolute Gasteiger partial charge is 0.177 e. The fourth-order valence-electron chi connectivity index (χ4n) is 1.10. The van der Waals surface area contributed by atoms with E-state index >= 15 is 0 Å². The molecule has 12 heavy (non-hydrogen) atoms. The molecule has 68 valence electrons. The van der Waals surface area contributed by atoms with E-state index in [1.165, 1.54) is 0 Å². The van der Waals surface area contributed by atoms with Crippen molar-refractivity contribution < 1.29 is 14.3 Å². The summed E-state index contributed by atoms with van der Waals surface area (Å²) >= 11 is 0. The molecule has 0 N–H and O–H groups in total. The van der Waals surface area contributed by atoms with Gasteiger partial charge in [-0.25, -0.2) is 0 Å². The van der Waals surface area contributed by atoms with Crippen LogP contribution in [0.1, 0.15) is 13.8 Å². The van der Waals surface area contributed by atoms with Crippen LogP contribution in [0.3, 0.4) is 0 Å². The van der Waals surface area contributed by atoms with E-state index in [0.29, 0.717) is 0 Å². The number of rotatable bonds is 3. The maximum Gasteiger partial charge on any atom is 0.177 e. The van der Waals surface area contributed by atoms with Crippen LogP contribution in [0, 0.1) is 5.92 Å². The molecule has 3 nitrogen and oxygen atoms in total. The molecular formula is C9H14O3. The second kappa shape index (κ2) is 3.83. The summed E-state index contributed by atoms with van der Waals surface area (Å²) in [5.74, 6) is 0.0582. The van der Waals surface area contributed by atoms with E-state index in [1.807, 2.05) is 19.1 Å². The van der Waals surface area contributed by atoms with Gasteiger partial charge in [0.15, 0.2) is 6.29 Å². The molecule has 1 aliphatic rings. The summed E-state index contributed by atoms with van der Waals surface area (Å²) in [6.07, 6.45) is 3.30. The van der Waals surface area contributed by atoms with Gasteiger partial charge in [0.25, 0.3) is 0 Å².